The lowest BCUT2D eigenvalue weighted by Crippen LogP contribution is -2.27. The molecule has 0 atom stereocenters. The maximum absolute atomic E-state index is 12.2. The van der Waals surface area contributed by atoms with Crippen molar-refractivity contribution in [3.05, 3.63) is 83.6 Å². The number of hydrogen-bond acceptors (Lipinski definition) is 4. The van der Waals surface area contributed by atoms with Crippen LogP contribution < -0.4 is 5.32 Å². The van der Waals surface area contributed by atoms with Crippen LogP contribution in [0.5, 0.6) is 0 Å². The Kier molecular flexibility index (Phi) is 7.23. The quantitative estimate of drug-likeness (QED) is 0.573. The van der Waals surface area contributed by atoms with Crippen LogP contribution in [-0.4, -0.2) is 29.1 Å². The number of nitrogens with zero attached hydrogens (tertiary/aromatic N) is 2. The molecule has 0 unspecified atom stereocenters. The van der Waals surface area contributed by atoms with Crippen LogP contribution >= 0.6 is 0 Å². The number of aliphatic hydroxyl groups is 1. The van der Waals surface area contributed by atoms with Crippen LogP contribution in [0.1, 0.15) is 11.1 Å². The van der Waals surface area contributed by atoms with E-state index in [2.05, 4.69) is 5.32 Å². The third-order valence-corrected chi connectivity index (χ3v) is 3.59. The summed E-state index contributed by atoms with van der Waals surface area (Å²) in [6.07, 6.45) is 1.50. The molecule has 0 aliphatic heterocycles. The smallest absolute Gasteiger partial charge is 0.263 e. The van der Waals surface area contributed by atoms with Crippen LogP contribution in [-0.2, 0) is 17.9 Å². The van der Waals surface area contributed by atoms with Crippen molar-refractivity contribution in [1.29, 1.82) is 5.26 Å². The summed E-state index contributed by atoms with van der Waals surface area (Å²) in [4.78, 5) is 14.0. The first kappa shape index (κ1) is 18.2. The van der Waals surface area contributed by atoms with E-state index in [0.717, 1.165) is 11.1 Å². The van der Waals surface area contributed by atoms with Crippen molar-refractivity contribution < 1.29 is 9.90 Å². The molecule has 128 valence electrons. The van der Waals surface area contributed by atoms with Gasteiger partial charge in [0.05, 0.1) is 6.61 Å². The summed E-state index contributed by atoms with van der Waals surface area (Å²) in [7, 11) is 0. The van der Waals surface area contributed by atoms with E-state index in [1.165, 1.54) is 6.20 Å². The van der Waals surface area contributed by atoms with Crippen molar-refractivity contribution in [2.45, 2.75) is 13.1 Å². The van der Waals surface area contributed by atoms with Gasteiger partial charge in [-0.2, -0.15) is 5.26 Å². The van der Waals surface area contributed by atoms with Gasteiger partial charge in [0.2, 0.25) is 0 Å². The fourth-order valence-electron chi connectivity index (χ4n) is 2.33. The summed E-state index contributed by atoms with van der Waals surface area (Å²) in [5, 5.41) is 21.3. The van der Waals surface area contributed by atoms with Gasteiger partial charge in [-0.3, -0.25) is 4.79 Å². The summed E-state index contributed by atoms with van der Waals surface area (Å²) < 4.78 is 0. The van der Waals surface area contributed by atoms with Gasteiger partial charge in [-0.25, -0.2) is 0 Å². The van der Waals surface area contributed by atoms with Crippen LogP contribution in [0, 0.1) is 11.3 Å². The summed E-state index contributed by atoms with van der Waals surface area (Å²) in [5.41, 5.74) is 2.01. The molecule has 2 aromatic rings. The van der Waals surface area contributed by atoms with Crippen molar-refractivity contribution in [1.82, 2.24) is 10.2 Å². The lowest BCUT2D eigenvalue weighted by atomic mass is 10.2. The Morgan fingerprint density at radius 1 is 1.08 bits per heavy atom. The molecule has 5 nitrogen and oxygen atoms in total. The minimum Gasteiger partial charge on any atom is -0.395 e. The van der Waals surface area contributed by atoms with E-state index in [-0.39, 0.29) is 12.2 Å². The SMILES string of the molecule is N#C/C(=C/N(CCO)Cc1ccccc1)C(=O)NCc1ccccc1. The summed E-state index contributed by atoms with van der Waals surface area (Å²) in [6.45, 7) is 1.15. The highest BCUT2D eigenvalue weighted by atomic mass is 16.3. The predicted molar refractivity (Wildman–Crippen MR) is 95.9 cm³/mol. The Morgan fingerprint density at radius 3 is 2.24 bits per heavy atom. The Hall–Kier alpha value is -3.10. The zero-order valence-corrected chi connectivity index (χ0v) is 13.9. The fourth-order valence-corrected chi connectivity index (χ4v) is 2.33. The largest absolute Gasteiger partial charge is 0.395 e. The first-order valence-electron chi connectivity index (χ1n) is 8.06. The van der Waals surface area contributed by atoms with Gasteiger partial charge in [0.25, 0.3) is 5.91 Å². The molecule has 0 spiro atoms. The number of benzene rings is 2. The lowest BCUT2D eigenvalue weighted by molar-refractivity contribution is -0.117. The summed E-state index contributed by atoms with van der Waals surface area (Å²) in [5.74, 6) is -0.428. The normalized spacial score (nSPS) is 10.8. The maximum Gasteiger partial charge on any atom is 0.263 e. The number of hydrogen-bond donors (Lipinski definition) is 2. The van der Waals surface area contributed by atoms with Gasteiger partial charge in [0.15, 0.2) is 0 Å². The first-order valence-corrected chi connectivity index (χ1v) is 8.06. The Bertz CT molecular complexity index is 737. The molecule has 0 bridgehead atoms. The number of rotatable bonds is 8. The van der Waals surface area contributed by atoms with Crippen LogP contribution in [0.15, 0.2) is 72.4 Å². The first-order chi connectivity index (χ1) is 12.2. The highest BCUT2D eigenvalue weighted by molar-refractivity contribution is 5.97. The molecule has 0 saturated heterocycles. The van der Waals surface area contributed by atoms with E-state index in [9.17, 15) is 15.2 Å². The molecule has 2 rings (SSSR count). The Labute approximate surface area is 147 Å². The van der Waals surface area contributed by atoms with Crippen molar-refractivity contribution in [2.24, 2.45) is 0 Å². The van der Waals surface area contributed by atoms with Crippen LogP contribution in [0.2, 0.25) is 0 Å². The molecule has 0 radical (unpaired) electrons. The molecule has 0 saturated carbocycles. The minimum atomic E-state index is -0.428. The molecule has 5 heteroatoms. The van der Waals surface area contributed by atoms with Crippen molar-refractivity contribution in [3.8, 4) is 6.07 Å². The molecule has 0 fully saturated rings. The maximum atomic E-state index is 12.2. The van der Waals surface area contributed by atoms with Gasteiger partial charge in [-0.15, -0.1) is 0 Å². The average Bonchev–Trinajstić information content (AvgIpc) is 2.66. The number of carbonyl (C=O) groups is 1. The fraction of sp³-hybridized carbons (Fsp3) is 0.200. The van der Waals surface area contributed by atoms with Crippen molar-refractivity contribution >= 4 is 5.91 Å². The molecular formula is C20H21N3O2. The Balaban J connectivity index is 2.04. The zero-order valence-electron chi connectivity index (χ0n) is 13.9. The average molecular weight is 335 g/mol. The van der Waals surface area contributed by atoms with Crippen LogP contribution in [0.4, 0.5) is 0 Å². The van der Waals surface area contributed by atoms with Crippen LogP contribution in [0.25, 0.3) is 0 Å². The second-order valence-corrected chi connectivity index (χ2v) is 5.50. The number of amides is 1. The molecule has 0 aliphatic carbocycles. The van der Waals surface area contributed by atoms with Crippen molar-refractivity contribution in [3.63, 3.8) is 0 Å². The highest BCUT2D eigenvalue weighted by Crippen LogP contribution is 2.07. The second-order valence-electron chi connectivity index (χ2n) is 5.50. The molecule has 0 aliphatic rings. The van der Waals surface area contributed by atoms with E-state index >= 15 is 0 Å². The monoisotopic (exact) mass is 335 g/mol. The van der Waals surface area contributed by atoms with Gasteiger partial charge in [-0.05, 0) is 11.1 Å². The number of nitrogens with one attached hydrogen (secondary N) is 1. The number of carbonyl (C=O) groups excluding carboxylic acids is 1. The standard InChI is InChI=1S/C20H21N3O2/c21-13-19(20(25)22-14-17-7-3-1-4-8-17)16-23(11-12-24)15-18-9-5-2-6-10-18/h1-10,16,24H,11-12,14-15H2,(H,22,25)/b19-16-. The van der Waals surface area contributed by atoms with E-state index in [0.29, 0.717) is 19.6 Å². The van der Waals surface area contributed by atoms with E-state index in [1.54, 1.807) is 4.90 Å². The molecule has 0 aromatic heterocycles. The number of nitriles is 1. The topological polar surface area (TPSA) is 76.4 Å². The van der Waals surface area contributed by atoms with Gasteiger partial charge in [0, 0.05) is 25.8 Å². The van der Waals surface area contributed by atoms with E-state index < -0.39 is 5.91 Å². The molecule has 2 aromatic carbocycles. The molecule has 25 heavy (non-hydrogen) atoms. The zero-order chi connectivity index (χ0) is 17.9. The van der Waals surface area contributed by atoms with Crippen molar-refractivity contribution in [2.75, 3.05) is 13.2 Å². The minimum absolute atomic E-state index is 0.0142. The predicted octanol–water partition coefficient (Wildman–Crippen LogP) is 2.20. The van der Waals surface area contributed by atoms with Gasteiger partial charge in [-0.1, -0.05) is 60.7 Å². The molecule has 2 N–H and O–H groups in total. The number of aliphatic hydroxyl groups excluding tert-OH is 1. The van der Waals surface area contributed by atoms with Gasteiger partial charge >= 0.3 is 0 Å². The van der Waals surface area contributed by atoms with E-state index in [1.807, 2.05) is 66.7 Å². The third kappa shape index (κ3) is 6.13. The molecule has 1 amide bonds. The summed E-state index contributed by atoms with van der Waals surface area (Å²) >= 11 is 0. The summed E-state index contributed by atoms with van der Waals surface area (Å²) in [6, 6.07) is 21.1. The van der Waals surface area contributed by atoms with E-state index in [4.69, 9.17) is 0 Å². The third-order valence-electron chi connectivity index (χ3n) is 3.59. The van der Waals surface area contributed by atoms with Gasteiger partial charge in [0.1, 0.15) is 11.6 Å². The second kappa shape index (κ2) is 9.91. The van der Waals surface area contributed by atoms with Gasteiger partial charge < -0.3 is 15.3 Å². The molecule has 0 heterocycles. The lowest BCUT2D eigenvalue weighted by Gasteiger charge is -2.20. The Morgan fingerprint density at radius 2 is 1.68 bits per heavy atom. The molecular weight excluding hydrogens is 314 g/mol. The van der Waals surface area contributed by atoms with Crippen LogP contribution in [0.3, 0.4) is 0 Å². The highest BCUT2D eigenvalue weighted by Gasteiger charge is 2.11.